The molecule has 1 aromatic rings. The number of hydrogen-bond acceptors (Lipinski definition) is 3. The van der Waals surface area contributed by atoms with E-state index in [-0.39, 0.29) is 17.9 Å². The average Bonchev–Trinajstić information content (AvgIpc) is 2.37. The lowest BCUT2D eigenvalue weighted by Crippen LogP contribution is -2.32. The van der Waals surface area contributed by atoms with E-state index in [1.54, 1.807) is 0 Å². The third-order valence-corrected chi connectivity index (χ3v) is 3.81. The van der Waals surface area contributed by atoms with Crippen molar-refractivity contribution in [1.29, 1.82) is 0 Å². The minimum absolute atomic E-state index is 0.0276. The Morgan fingerprint density at radius 3 is 2.20 bits per heavy atom. The van der Waals surface area contributed by atoms with Crippen molar-refractivity contribution in [2.24, 2.45) is 0 Å². The largest absolute Gasteiger partial charge is 0.416 e. The van der Waals surface area contributed by atoms with Gasteiger partial charge in [-0.15, -0.1) is 0 Å². The molecule has 1 aromatic carbocycles. The van der Waals surface area contributed by atoms with Crippen LogP contribution in [-0.4, -0.2) is 33.7 Å². The maximum Gasteiger partial charge on any atom is 0.416 e. The second-order valence-corrected chi connectivity index (χ2v) is 5.90. The highest BCUT2D eigenvalue weighted by atomic mass is 32.2. The van der Waals surface area contributed by atoms with Gasteiger partial charge in [0.15, 0.2) is 0 Å². The van der Waals surface area contributed by atoms with Gasteiger partial charge in [0.25, 0.3) is 5.91 Å². The monoisotopic (exact) mass is 310 g/mol. The van der Waals surface area contributed by atoms with Crippen LogP contribution in [0.5, 0.6) is 0 Å². The van der Waals surface area contributed by atoms with Crippen molar-refractivity contribution in [1.82, 2.24) is 10.0 Å². The Kier molecular flexibility index (Phi) is 5.12. The fourth-order valence-corrected chi connectivity index (χ4v) is 1.89. The maximum atomic E-state index is 12.3. The van der Waals surface area contributed by atoms with Crippen LogP contribution in [0, 0.1) is 0 Å². The lowest BCUT2D eigenvalue weighted by Gasteiger charge is -2.08. The van der Waals surface area contributed by atoms with Gasteiger partial charge in [0.2, 0.25) is 10.0 Å². The van der Waals surface area contributed by atoms with Gasteiger partial charge in [-0.2, -0.15) is 13.2 Å². The molecule has 0 aromatic heterocycles. The normalized spacial score (nSPS) is 12.2. The predicted molar refractivity (Wildman–Crippen MR) is 66.6 cm³/mol. The molecule has 0 heterocycles. The summed E-state index contributed by atoms with van der Waals surface area (Å²) in [6.07, 6.45) is -4.46. The number of sulfonamides is 1. The standard InChI is InChI=1S/C11H13F3N2O3S/c1-15-20(18,19)7-6-16-10(17)8-2-4-9(5-3-8)11(12,13)14/h2-5,15H,6-7H2,1H3,(H,16,17). The summed E-state index contributed by atoms with van der Waals surface area (Å²) in [4.78, 5) is 11.6. The highest BCUT2D eigenvalue weighted by Gasteiger charge is 2.30. The molecule has 0 aliphatic heterocycles. The molecule has 112 valence electrons. The Bertz CT molecular complexity index is 568. The maximum absolute atomic E-state index is 12.3. The highest BCUT2D eigenvalue weighted by molar-refractivity contribution is 7.89. The molecule has 0 saturated carbocycles. The summed E-state index contributed by atoms with van der Waals surface area (Å²) in [5.74, 6) is -0.944. The molecular formula is C11H13F3N2O3S. The Balaban J connectivity index is 2.61. The lowest BCUT2D eigenvalue weighted by atomic mass is 10.1. The van der Waals surface area contributed by atoms with E-state index in [2.05, 4.69) is 10.0 Å². The number of carbonyl (C=O) groups excluding carboxylic acids is 1. The van der Waals surface area contributed by atoms with Gasteiger partial charge in [-0.1, -0.05) is 0 Å². The molecule has 0 saturated heterocycles. The van der Waals surface area contributed by atoms with E-state index >= 15 is 0 Å². The van der Waals surface area contributed by atoms with Crippen LogP contribution in [0.25, 0.3) is 0 Å². The number of carbonyl (C=O) groups is 1. The topological polar surface area (TPSA) is 75.3 Å². The van der Waals surface area contributed by atoms with Crippen LogP contribution in [0.4, 0.5) is 13.2 Å². The quantitative estimate of drug-likeness (QED) is 0.851. The molecule has 0 radical (unpaired) electrons. The predicted octanol–water partition coefficient (Wildman–Crippen LogP) is 0.984. The molecule has 9 heteroatoms. The van der Waals surface area contributed by atoms with Gasteiger partial charge < -0.3 is 5.32 Å². The smallest absolute Gasteiger partial charge is 0.351 e. The van der Waals surface area contributed by atoms with Gasteiger partial charge in [0.05, 0.1) is 11.3 Å². The van der Waals surface area contributed by atoms with Gasteiger partial charge in [0.1, 0.15) is 0 Å². The molecule has 0 spiro atoms. The van der Waals surface area contributed by atoms with E-state index in [0.29, 0.717) is 0 Å². The van der Waals surface area contributed by atoms with Gasteiger partial charge in [0, 0.05) is 12.1 Å². The van der Waals surface area contributed by atoms with E-state index < -0.39 is 27.7 Å². The first kappa shape index (κ1) is 16.4. The molecule has 1 amide bonds. The van der Waals surface area contributed by atoms with Crippen LogP contribution in [0.1, 0.15) is 15.9 Å². The molecule has 1 rings (SSSR count). The fraction of sp³-hybridized carbons (Fsp3) is 0.364. The van der Waals surface area contributed by atoms with Crippen LogP contribution in [0.2, 0.25) is 0 Å². The summed E-state index contributed by atoms with van der Waals surface area (Å²) in [6.45, 7) is -0.136. The Morgan fingerprint density at radius 2 is 1.75 bits per heavy atom. The number of hydrogen-bond donors (Lipinski definition) is 2. The zero-order chi connectivity index (χ0) is 15.4. The first-order chi connectivity index (χ1) is 9.15. The second-order valence-electron chi connectivity index (χ2n) is 3.85. The molecule has 0 unspecified atom stereocenters. The van der Waals surface area contributed by atoms with E-state index in [0.717, 1.165) is 24.3 Å². The summed E-state index contributed by atoms with van der Waals surface area (Å²) >= 11 is 0. The Labute approximate surface area is 114 Å². The third kappa shape index (κ3) is 4.82. The zero-order valence-corrected chi connectivity index (χ0v) is 11.3. The van der Waals surface area contributed by atoms with Crippen LogP contribution >= 0.6 is 0 Å². The van der Waals surface area contributed by atoms with Crippen molar-refractivity contribution in [2.45, 2.75) is 6.18 Å². The number of nitrogens with one attached hydrogen (secondary N) is 2. The number of rotatable bonds is 5. The van der Waals surface area contributed by atoms with Gasteiger partial charge in [-0.3, -0.25) is 4.79 Å². The summed E-state index contributed by atoms with van der Waals surface area (Å²) in [5, 5.41) is 2.31. The lowest BCUT2D eigenvalue weighted by molar-refractivity contribution is -0.137. The Hall–Kier alpha value is -1.61. The summed E-state index contributed by atoms with van der Waals surface area (Å²) in [5.41, 5.74) is -0.827. The first-order valence-corrected chi connectivity index (χ1v) is 7.17. The zero-order valence-electron chi connectivity index (χ0n) is 10.5. The van der Waals surface area contributed by atoms with Crippen molar-refractivity contribution in [3.05, 3.63) is 35.4 Å². The number of benzene rings is 1. The van der Waals surface area contributed by atoms with E-state index in [1.807, 2.05) is 0 Å². The average molecular weight is 310 g/mol. The highest BCUT2D eigenvalue weighted by Crippen LogP contribution is 2.28. The van der Waals surface area contributed by atoms with Crippen LogP contribution < -0.4 is 10.0 Å². The second kappa shape index (κ2) is 6.23. The SMILES string of the molecule is CNS(=O)(=O)CCNC(=O)c1ccc(C(F)(F)F)cc1. The van der Waals surface area contributed by atoms with Gasteiger partial charge >= 0.3 is 6.18 Å². The van der Waals surface area contributed by atoms with E-state index in [9.17, 15) is 26.4 Å². The van der Waals surface area contributed by atoms with Crippen molar-refractivity contribution in [3.8, 4) is 0 Å². The van der Waals surface area contributed by atoms with E-state index in [1.165, 1.54) is 7.05 Å². The minimum atomic E-state index is -4.46. The Morgan fingerprint density at radius 1 is 1.20 bits per heavy atom. The van der Waals surface area contributed by atoms with Gasteiger partial charge in [-0.05, 0) is 31.3 Å². The minimum Gasteiger partial charge on any atom is -0.351 e. The van der Waals surface area contributed by atoms with Crippen LogP contribution in [0.3, 0.4) is 0 Å². The molecule has 0 fully saturated rings. The molecule has 5 nitrogen and oxygen atoms in total. The van der Waals surface area contributed by atoms with Crippen LogP contribution in [0.15, 0.2) is 24.3 Å². The van der Waals surface area contributed by atoms with Crippen LogP contribution in [-0.2, 0) is 16.2 Å². The first-order valence-electron chi connectivity index (χ1n) is 5.52. The van der Waals surface area contributed by atoms with Crippen molar-refractivity contribution in [3.63, 3.8) is 0 Å². The number of halogens is 3. The molecule has 20 heavy (non-hydrogen) atoms. The molecule has 2 N–H and O–H groups in total. The molecular weight excluding hydrogens is 297 g/mol. The molecule has 0 bridgehead atoms. The summed E-state index contributed by atoms with van der Waals surface area (Å²) in [6, 6.07) is 3.65. The molecule has 0 atom stereocenters. The molecule has 0 aliphatic rings. The van der Waals surface area contributed by atoms with Crippen molar-refractivity contribution in [2.75, 3.05) is 19.3 Å². The summed E-state index contributed by atoms with van der Waals surface area (Å²) in [7, 11) is -2.19. The third-order valence-electron chi connectivity index (χ3n) is 2.44. The van der Waals surface area contributed by atoms with E-state index in [4.69, 9.17) is 0 Å². The summed E-state index contributed by atoms with van der Waals surface area (Å²) < 4.78 is 61.2. The van der Waals surface area contributed by atoms with Crippen molar-refractivity contribution < 1.29 is 26.4 Å². The number of alkyl halides is 3. The number of amides is 1. The fourth-order valence-electron chi connectivity index (χ4n) is 1.31. The van der Waals surface area contributed by atoms with Crippen molar-refractivity contribution >= 4 is 15.9 Å². The molecule has 0 aliphatic carbocycles. The van der Waals surface area contributed by atoms with Gasteiger partial charge in [-0.25, -0.2) is 13.1 Å².